The number of fused-ring (bicyclic) bond motifs is 1. The van der Waals surface area contributed by atoms with Gasteiger partial charge in [0.15, 0.2) is 0 Å². The van der Waals surface area contributed by atoms with Gasteiger partial charge in [-0.25, -0.2) is 4.98 Å². The van der Waals surface area contributed by atoms with Crippen molar-refractivity contribution in [3.8, 4) is 0 Å². The molecule has 1 aromatic carbocycles. The molecule has 0 fully saturated rings. The zero-order chi connectivity index (χ0) is 12.4. The van der Waals surface area contributed by atoms with Gasteiger partial charge in [0.2, 0.25) is 0 Å². The van der Waals surface area contributed by atoms with E-state index in [-0.39, 0.29) is 6.54 Å². The van der Waals surface area contributed by atoms with Crippen LogP contribution in [0.15, 0.2) is 24.4 Å². The van der Waals surface area contributed by atoms with Gasteiger partial charge in [-0.3, -0.25) is 4.79 Å². The molecule has 4 N–H and O–H groups in total. The summed E-state index contributed by atoms with van der Waals surface area (Å²) in [5.74, 6) is -0.385. The van der Waals surface area contributed by atoms with E-state index in [1.54, 1.807) is 6.20 Å². The van der Waals surface area contributed by atoms with Crippen molar-refractivity contribution < 1.29 is 9.90 Å². The Morgan fingerprint density at radius 2 is 2.24 bits per heavy atom. The molecule has 0 radical (unpaired) electrons. The molecule has 0 spiro atoms. The maximum Gasteiger partial charge on any atom is 0.322 e. The molecule has 2 aromatic rings. The molecule has 0 saturated carbocycles. The number of anilines is 2. The summed E-state index contributed by atoms with van der Waals surface area (Å²) >= 11 is 0. The van der Waals surface area contributed by atoms with E-state index in [2.05, 4.69) is 10.3 Å². The lowest BCUT2D eigenvalue weighted by Crippen LogP contribution is -2.13. The number of aliphatic carboxylic acids is 1. The number of carboxylic acid groups (broad SMARTS) is 1. The number of carboxylic acids is 1. The number of aromatic nitrogens is 1. The zero-order valence-electron chi connectivity index (χ0n) is 9.40. The lowest BCUT2D eigenvalue weighted by atomic mass is 10.1. The van der Waals surface area contributed by atoms with Crippen LogP contribution in [0, 0.1) is 6.92 Å². The number of pyridine rings is 1. The molecule has 2 rings (SSSR count). The molecule has 0 aliphatic carbocycles. The summed E-state index contributed by atoms with van der Waals surface area (Å²) in [5.41, 5.74) is 7.59. The number of benzene rings is 1. The Labute approximate surface area is 98.3 Å². The van der Waals surface area contributed by atoms with E-state index in [9.17, 15) is 4.79 Å². The van der Waals surface area contributed by atoms with Gasteiger partial charge >= 0.3 is 5.97 Å². The van der Waals surface area contributed by atoms with Crippen molar-refractivity contribution in [1.82, 2.24) is 4.98 Å². The fourth-order valence-corrected chi connectivity index (χ4v) is 1.76. The summed E-state index contributed by atoms with van der Waals surface area (Å²) in [4.78, 5) is 14.7. The first kappa shape index (κ1) is 11.2. The standard InChI is InChI=1S/C12H13N3O2/c1-7-4-9-8(10(13)5-7)2-3-14-12(9)15-6-11(16)17/h2-5H,6,13H2,1H3,(H,14,15)(H,16,17). The fourth-order valence-electron chi connectivity index (χ4n) is 1.76. The first-order valence-corrected chi connectivity index (χ1v) is 5.18. The van der Waals surface area contributed by atoms with Gasteiger partial charge in [-0.15, -0.1) is 0 Å². The number of nitrogens with zero attached hydrogens (tertiary/aromatic N) is 1. The first-order valence-electron chi connectivity index (χ1n) is 5.18. The van der Waals surface area contributed by atoms with E-state index in [0.717, 1.165) is 16.3 Å². The fraction of sp³-hybridized carbons (Fsp3) is 0.167. The summed E-state index contributed by atoms with van der Waals surface area (Å²) in [6.45, 7) is 1.77. The number of hydrogen-bond acceptors (Lipinski definition) is 4. The molecule has 0 unspecified atom stereocenters. The van der Waals surface area contributed by atoms with Crippen LogP contribution in [0.1, 0.15) is 5.56 Å². The second-order valence-corrected chi connectivity index (χ2v) is 3.86. The van der Waals surface area contributed by atoms with Gasteiger partial charge in [0.05, 0.1) is 0 Å². The SMILES string of the molecule is Cc1cc(N)c2ccnc(NCC(=O)O)c2c1. The minimum Gasteiger partial charge on any atom is -0.480 e. The van der Waals surface area contributed by atoms with Crippen molar-refractivity contribution in [3.05, 3.63) is 30.0 Å². The van der Waals surface area contributed by atoms with E-state index in [0.29, 0.717) is 11.5 Å². The van der Waals surface area contributed by atoms with Crippen molar-refractivity contribution >= 4 is 28.2 Å². The summed E-state index contributed by atoms with van der Waals surface area (Å²) in [7, 11) is 0. The Kier molecular flexibility index (Phi) is 2.82. The first-order chi connectivity index (χ1) is 8.08. The van der Waals surface area contributed by atoms with Gasteiger partial charge in [-0.05, 0) is 30.7 Å². The number of hydrogen-bond donors (Lipinski definition) is 3. The van der Waals surface area contributed by atoms with Gasteiger partial charge < -0.3 is 16.2 Å². The van der Waals surface area contributed by atoms with E-state index >= 15 is 0 Å². The number of nitrogens with one attached hydrogen (secondary N) is 1. The van der Waals surface area contributed by atoms with Gasteiger partial charge in [0, 0.05) is 22.7 Å². The quantitative estimate of drug-likeness (QED) is 0.698. The van der Waals surface area contributed by atoms with Crippen molar-refractivity contribution in [2.45, 2.75) is 6.92 Å². The van der Waals surface area contributed by atoms with Crippen molar-refractivity contribution in [3.63, 3.8) is 0 Å². The van der Waals surface area contributed by atoms with Crippen LogP contribution in [0.3, 0.4) is 0 Å². The predicted molar refractivity (Wildman–Crippen MR) is 67.0 cm³/mol. The number of nitrogen functional groups attached to an aromatic ring is 1. The average Bonchev–Trinajstić information content (AvgIpc) is 2.26. The minimum absolute atomic E-state index is 0.167. The molecular weight excluding hydrogens is 218 g/mol. The molecular formula is C12H13N3O2. The molecule has 5 nitrogen and oxygen atoms in total. The Balaban J connectivity index is 2.52. The molecule has 0 aliphatic rings. The van der Waals surface area contributed by atoms with Crippen LogP contribution in [0.25, 0.3) is 10.8 Å². The van der Waals surface area contributed by atoms with Crippen LogP contribution in [-0.4, -0.2) is 22.6 Å². The molecule has 5 heteroatoms. The third-order valence-corrected chi connectivity index (χ3v) is 2.46. The Bertz CT molecular complexity index is 581. The lowest BCUT2D eigenvalue weighted by Gasteiger charge is -2.09. The number of aryl methyl sites for hydroxylation is 1. The van der Waals surface area contributed by atoms with Crippen LogP contribution in [-0.2, 0) is 4.79 Å². The zero-order valence-corrected chi connectivity index (χ0v) is 9.40. The average molecular weight is 231 g/mol. The Morgan fingerprint density at radius 1 is 1.47 bits per heavy atom. The highest BCUT2D eigenvalue weighted by molar-refractivity contribution is 6.00. The smallest absolute Gasteiger partial charge is 0.322 e. The van der Waals surface area contributed by atoms with Crippen molar-refractivity contribution in [2.24, 2.45) is 0 Å². The third kappa shape index (κ3) is 2.28. The highest BCUT2D eigenvalue weighted by Crippen LogP contribution is 2.27. The number of carbonyl (C=O) groups is 1. The largest absolute Gasteiger partial charge is 0.480 e. The van der Waals surface area contributed by atoms with Gasteiger partial charge in [-0.1, -0.05) is 0 Å². The molecule has 0 atom stereocenters. The minimum atomic E-state index is -0.926. The molecule has 1 heterocycles. The maximum atomic E-state index is 10.5. The lowest BCUT2D eigenvalue weighted by molar-refractivity contribution is -0.134. The third-order valence-electron chi connectivity index (χ3n) is 2.46. The van der Waals surface area contributed by atoms with Crippen LogP contribution >= 0.6 is 0 Å². The molecule has 88 valence electrons. The summed E-state index contributed by atoms with van der Waals surface area (Å²) in [6.07, 6.45) is 1.61. The molecule has 0 saturated heterocycles. The molecule has 1 aromatic heterocycles. The van der Waals surface area contributed by atoms with Crippen molar-refractivity contribution in [1.29, 1.82) is 0 Å². The maximum absolute atomic E-state index is 10.5. The topological polar surface area (TPSA) is 88.2 Å². The van der Waals surface area contributed by atoms with Crippen LogP contribution in [0.5, 0.6) is 0 Å². The molecule has 0 bridgehead atoms. The number of rotatable bonds is 3. The molecule has 17 heavy (non-hydrogen) atoms. The normalized spacial score (nSPS) is 10.4. The second kappa shape index (κ2) is 4.29. The highest BCUT2D eigenvalue weighted by atomic mass is 16.4. The highest BCUT2D eigenvalue weighted by Gasteiger charge is 2.06. The molecule has 0 amide bonds. The van der Waals surface area contributed by atoms with Gasteiger partial charge in [0.25, 0.3) is 0 Å². The van der Waals surface area contributed by atoms with E-state index in [4.69, 9.17) is 10.8 Å². The van der Waals surface area contributed by atoms with Gasteiger partial charge in [-0.2, -0.15) is 0 Å². The summed E-state index contributed by atoms with van der Waals surface area (Å²) < 4.78 is 0. The van der Waals surface area contributed by atoms with Crippen LogP contribution in [0.4, 0.5) is 11.5 Å². The van der Waals surface area contributed by atoms with Crippen LogP contribution < -0.4 is 11.1 Å². The van der Waals surface area contributed by atoms with Crippen molar-refractivity contribution in [2.75, 3.05) is 17.6 Å². The summed E-state index contributed by atoms with van der Waals surface area (Å²) in [6, 6.07) is 5.63. The van der Waals surface area contributed by atoms with Gasteiger partial charge in [0.1, 0.15) is 12.4 Å². The monoisotopic (exact) mass is 231 g/mol. The molecule has 0 aliphatic heterocycles. The number of nitrogens with two attached hydrogens (primary N) is 1. The van der Waals surface area contributed by atoms with E-state index in [1.165, 1.54) is 0 Å². The Hall–Kier alpha value is -2.30. The predicted octanol–water partition coefficient (Wildman–Crippen LogP) is 1.62. The van der Waals surface area contributed by atoms with Crippen LogP contribution in [0.2, 0.25) is 0 Å². The summed E-state index contributed by atoms with van der Waals surface area (Å²) in [5, 5.41) is 13.1. The van der Waals surface area contributed by atoms with E-state index < -0.39 is 5.97 Å². The van der Waals surface area contributed by atoms with E-state index in [1.807, 2.05) is 25.1 Å². The Morgan fingerprint density at radius 3 is 2.94 bits per heavy atom. The second-order valence-electron chi connectivity index (χ2n) is 3.86.